The van der Waals surface area contributed by atoms with Crippen LogP contribution in [0.1, 0.15) is 28.4 Å². The molecule has 0 aliphatic rings. The molecule has 1 aromatic carbocycles. The Balaban J connectivity index is 2.28. The highest BCUT2D eigenvalue weighted by atomic mass is 16.4. The topological polar surface area (TPSA) is 98.9 Å². The molecule has 3 aromatic rings. The number of H-pyrrole nitrogens is 1. The van der Waals surface area contributed by atoms with E-state index in [2.05, 4.69) is 11.1 Å². The number of rotatable bonds is 3. The molecule has 0 radical (unpaired) electrons. The number of carbonyl (C=O) groups is 1. The summed E-state index contributed by atoms with van der Waals surface area (Å²) in [6, 6.07) is 9.16. The quantitative estimate of drug-likeness (QED) is 0.774. The molecule has 0 fully saturated rings. The zero-order valence-corrected chi connectivity index (χ0v) is 13.3. The van der Waals surface area contributed by atoms with E-state index < -0.39 is 11.5 Å². The molecule has 0 unspecified atom stereocenters. The second kappa shape index (κ2) is 5.70. The van der Waals surface area contributed by atoms with Gasteiger partial charge in [0.15, 0.2) is 0 Å². The zero-order chi connectivity index (χ0) is 17.4. The van der Waals surface area contributed by atoms with Crippen LogP contribution in [-0.4, -0.2) is 20.6 Å². The number of pyridine rings is 1. The van der Waals surface area contributed by atoms with E-state index in [0.717, 1.165) is 22.0 Å². The molecule has 3 rings (SSSR count). The van der Waals surface area contributed by atoms with Crippen LogP contribution in [0.5, 0.6) is 0 Å². The number of aromatic nitrogens is 2. The van der Waals surface area contributed by atoms with Gasteiger partial charge in [0.1, 0.15) is 11.6 Å². The van der Waals surface area contributed by atoms with Gasteiger partial charge in [0.25, 0.3) is 5.56 Å². The molecule has 0 spiro atoms. The van der Waals surface area contributed by atoms with Crippen molar-refractivity contribution in [1.29, 1.82) is 5.26 Å². The average Bonchev–Trinajstić information content (AvgIpc) is 2.89. The van der Waals surface area contributed by atoms with Gasteiger partial charge < -0.3 is 14.7 Å². The van der Waals surface area contributed by atoms with Gasteiger partial charge in [0.05, 0.1) is 11.3 Å². The van der Waals surface area contributed by atoms with Crippen molar-refractivity contribution in [3.8, 4) is 17.3 Å². The van der Waals surface area contributed by atoms with Gasteiger partial charge in [-0.1, -0.05) is 13.0 Å². The van der Waals surface area contributed by atoms with E-state index in [1.54, 1.807) is 6.20 Å². The fraction of sp³-hybridized carbons (Fsp3) is 0.167. The maximum absolute atomic E-state index is 12.0. The maximum atomic E-state index is 12.0. The average molecular weight is 321 g/mol. The van der Waals surface area contributed by atoms with Crippen LogP contribution in [0.3, 0.4) is 0 Å². The minimum absolute atomic E-state index is 0.269. The summed E-state index contributed by atoms with van der Waals surface area (Å²) in [5, 5.41) is 19.2. The van der Waals surface area contributed by atoms with Crippen molar-refractivity contribution in [3.63, 3.8) is 0 Å². The summed E-state index contributed by atoms with van der Waals surface area (Å²) < 4.78 is 1.87. The Bertz CT molecular complexity index is 1070. The number of carboxylic acid groups (broad SMARTS) is 1. The van der Waals surface area contributed by atoms with Gasteiger partial charge >= 0.3 is 5.97 Å². The lowest BCUT2D eigenvalue weighted by molar-refractivity contribution is 0.0695. The Morgan fingerprint density at radius 3 is 2.75 bits per heavy atom. The monoisotopic (exact) mass is 321 g/mol. The first-order chi connectivity index (χ1) is 11.5. The third-order valence-corrected chi connectivity index (χ3v) is 4.13. The fourth-order valence-electron chi connectivity index (χ4n) is 2.91. The van der Waals surface area contributed by atoms with Gasteiger partial charge in [-0.15, -0.1) is 0 Å². The van der Waals surface area contributed by atoms with Crippen molar-refractivity contribution in [2.24, 2.45) is 7.05 Å². The molecule has 6 heteroatoms. The Morgan fingerprint density at radius 2 is 2.12 bits per heavy atom. The molecule has 0 amide bonds. The number of fused-ring (bicyclic) bond motifs is 1. The summed E-state index contributed by atoms with van der Waals surface area (Å²) in [6.45, 7) is 1.89. The number of aromatic amines is 1. The van der Waals surface area contributed by atoms with E-state index in [4.69, 9.17) is 5.11 Å². The van der Waals surface area contributed by atoms with E-state index in [-0.39, 0.29) is 5.56 Å². The molecule has 24 heavy (non-hydrogen) atoms. The summed E-state index contributed by atoms with van der Waals surface area (Å²) >= 11 is 0. The normalized spacial score (nSPS) is 10.7. The van der Waals surface area contributed by atoms with Gasteiger partial charge in [-0.25, -0.2) is 4.79 Å². The van der Waals surface area contributed by atoms with Crippen molar-refractivity contribution < 1.29 is 9.90 Å². The number of aromatic carboxylic acids is 1. The number of aryl methyl sites for hydroxylation is 2. The van der Waals surface area contributed by atoms with E-state index in [9.17, 15) is 14.9 Å². The maximum Gasteiger partial charge on any atom is 0.341 e. The third kappa shape index (κ3) is 2.36. The van der Waals surface area contributed by atoms with E-state index in [1.807, 2.05) is 36.7 Å². The van der Waals surface area contributed by atoms with Gasteiger partial charge in [0.2, 0.25) is 0 Å². The van der Waals surface area contributed by atoms with E-state index in [1.165, 1.54) is 6.07 Å². The van der Waals surface area contributed by atoms with Gasteiger partial charge in [-0.05, 0) is 35.7 Å². The first kappa shape index (κ1) is 15.6. The molecular weight excluding hydrogens is 306 g/mol. The van der Waals surface area contributed by atoms with Crippen molar-refractivity contribution >= 4 is 16.9 Å². The predicted molar refractivity (Wildman–Crippen MR) is 90.0 cm³/mol. The van der Waals surface area contributed by atoms with Crippen LogP contribution >= 0.6 is 0 Å². The highest BCUT2D eigenvalue weighted by molar-refractivity contribution is 5.91. The number of benzene rings is 1. The number of carboxylic acids is 1. The van der Waals surface area contributed by atoms with Crippen molar-refractivity contribution in [2.75, 3.05) is 0 Å². The van der Waals surface area contributed by atoms with Crippen molar-refractivity contribution in [2.45, 2.75) is 13.3 Å². The number of hydrogen-bond acceptors (Lipinski definition) is 3. The lowest BCUT2D eigenvalue weighted by atomic mass is 10.0. The summed E-state index contributed by atoms with van der Waals surface area (Å²) in [4.78, 5) is 25.8. The van der Waals surface area contributed by atoms with Crippen molar-refractivity contribution in [3.05, 3.63) is 57.5 Å². The first-order valence-corrected chi connectivity index (χ1v) is 7.45. The summed E-state index contributed by atoms with van der Waals surface area (Å²) in [5.41, 5.74) is 2.63. The van der Waals surface area contributed by atoms with E-state index >= 15 is 0 Å². The van der Waals surface area contributed by atoms with Crippen LogP contribution in [-0.2, 0) is 13.5 Å². The smallest absolute Gasteiger partial charge is 0.341 e. The number of nitrogens with one attached hydrogen (secondary N) is 1. The van der Waals surface area contributed by atoms with Crippen LogP contribution in [0.25, 0.3) is 22.2 Å². The van der Waals surface area contributed by atoms with Crippen LogP contribution < -0.4 is 5.56 Å². The van der Waals surface area contributed by atoms with Gasteiger partial charge in [0, 0.05) is 24.1 Å². The van der Waals surface area contributed by atoms with Gasteiger partial charge in [-0.3, -0.25) is 4.79 Å². The molecule has 0 aliphatic carbocycles. The zero-order valence-electron chi connectivity index (χ0n) is 13.3. The lowest BCUT2D eigenvalue weighted by Crippen LogP contribution is -2.19. The summed E-state index contributed by atoms with van der Waals surface area (Å²) in [7, 11) is 1.86. The highest BCUT2D eigenvalue weighted by Crippen LogP contribution is 2.28. The number of hydrogen-bond donors (Lipinski definition) is 2. The molecule has 120 valence electrons. The predicted octanol–water partition coefficient (Wildman–Crippen LogP) is 2.67. The SMILES string of the molecule is CCc1cc(C(=O)O)c(=O)[nH]c1-c1ccc2c(c1)c(C#N)cn2C. The molecule has 0 bridgehead atoms. The summed E-state index contributed by atoms with van der Waals surface area (Å²) in [5.74, 6) is -1.25. The van der Waals surface area contributed by atoms with Crippen LogP contribution in [0.4, 0.5) is 0 Å². The molecule has 0 atom stereocenters. The Morgan fingerprint density at radius 1 is 1.38 bits per heavy atom. The van der Waals surface area contributed by atoms with Gasteiger partial charge in [-0.2, -0.15) is 5.26 Å². The molecule has 0 saturated carbocycles. The first-order valence-electron chi connectivity index (χ1n) is 7.45. The number of nitriles is 1. The molecular formula is C18H15N3O3. The Kier molecular flexibility index (Phi) is 3.70. The molecule has 0 saturated heterocycles. The molecule has 6 nitrogen and oxygen atoms in total. The molecule has 2 aromatic heterocycles. The van der Waals surface area contributed by atoms with Crippen LogP contribution in [0.2, 0.25) is 0 Å². The molecule has 0 aliphatic heterocycles. The van der Waals surface area contributed by atoms with Crippen LogP contribution in [0.15, 0.2) is 35.3 Å². The lowest BCUT2D eigenvalue weighted by Gasteiger charge is -2.10. The second-order valence-electron chi connectivity index (χ2n) is 5.57. The Labute approximate surface area is 137 Å². The molecule has 2 N–H and O–H groups in total. The van der Waals surface area contributed by atoms with Crippen LogP contribution in [0, 0.1) is 11.3 Å². The second-order valence-corrected chi connectivity index (χ2v) is 5.57. The minimum atomic E-state index is -1.25. The largest absolute Gasteiger partial charge is 0.477 e. The Hall–Kier alpha value is -3.33. The molecule has 2 heterocycles. The van der Waals surface area contributed by atoms with E-state index in [0.29, 0.717) is 17.7 Å². The highest BCUT2D eigenvalue weighted by Gasteiger charge is 2.15. The summed E-state index contributed by atoms with van der Waals surface area (Å²) in [6.07, 6.45) is 2.33. The number of nitrogens with zero attached hydrogens (tertiary/aromatic N) is 2. The fourth-order valence-corrected chi connectivity index (χ4v) is 2.91. The van der Waals surface area contributed by atoms with Crippen molar-refractivity contribution in [1.82, 2.24) is 9.55 Å². The third-order valence-electron chi connectivity index (χ3n) is 4.13. The standard InChI is InChI=1S/C18H15N3O3/c1-3-10-6-14(18(23)24)17(22)20-16(10)11-4-5-15-13(7-11)12(8-19)9-21(15)2/h4-7,9H,3H2,1-2H3,(H,20,22)(H,23,24). The minimum Gasteiger partial charge on any atom is -0.477 e.